The van der Waals surface area contributed by atoms with Crippen LogP contribution in [0.4, 0.5) is 4.79 Å². The van der Waals surface area contributed by atoms with Gasteiger partial charge < -0.3 is 15.4 Å². The van der Waals surface area contributed by atoms with Crippen molar-refractivity contribution in [2.24, 2.45) is 11.8 Å². The molecular weight excluding hydrogens is 252 g/mol. The molecule has 2 N–H and O–H groups in total. The van der Waals surface area contributed by atoms with Gasteiger partial charge in [0.05, 0.1) is 0 Å². The second-order valence-electron chi connectivity index (χ2n) is 5.53. The standard InChI is InChI=1S/C16H24N2O2/c1-13-10-17-9-5-8-15(13)11-18-16(19)20-12-14-6-3-2-4-7-14/h2-4,6-7,13,15,17H,5,8-12H2,1H3,(H,18,19)/t13-,15-/m0/s1. The molecule has 1 saturated heterocycles. The molecule has 1 heterocycles. The number of carbonyl (C=O) groups is 1. The summed E-state index contributed by atoms with van der Waals surface area (Å²) in [5, 5.41) is 6.31. The summed E-state index contributed by atoms with van der Waals surface area (Å²) in [6.07, 6.45) is 2.02. The third-order valence-corrected chi connectivity index (χ3v) is 3.92. The number of amides is 1. The molecule has 2 atom stereocenters. The summed E-state index contributed by atoms with van der Waals surface area (Å²) >= 11 is 0. The van der Waals surface area contributed by atoms with Crippen LogP contribution < -0.4 is 10.6 Å². The molecule has 1 aliphatic rings. The van der Waals surface area contributed by atoms with Crippen LogP contribution in [0, 0.1) is 11.8 Å². The van der Waals surface area contributed by atoms with Gasteiger partial charge in [-0.2, -0.15) is 0 Å². The van der Waals surface area contributed by atoms with Gasteiger partial charge in [-0.1, -0.05) is 37.3 Å². The molecule has 0 aliphatic carbocycles. The van der Waals surface area contributed by atoms with Crippen molar-refractivity contribution >= 4 is 6.09 Å². The molecule has 4 heteroatoms. The predicted molar refractivity (Wildman–Crippen MR) is 79.4 cm³/mol. The number of hydrogen-bond donors (Lipinski definition) is 2. The average molecular weight is 276 g/mol. The van der Waals surface area contributed by atoms with Crippen LogP contribution in [-0.4, -0.2) is 25.7 Å². The molecule has 0 radical (unpaired) electrons. The number of alkyl carbamates (subject to hydrolysis) is 1. The Morgan fingerprint density at radius 3 is 3.00 bits per heavy atom. The lowest BCUT2D eigenvalue weighted by molar-refractivity contribution is 0.136. The second kappa shape index (κ2) is 7.90. The van der Waals surface area contributed by atoms with E-state index in [0.29, 0.717) is 25.0 Å². The fraction of sp³-hybridized carbons (Fsp3) is 0.562. The Hall–Kier alpha value is -1.55. The zero-order valence-corrected chi connectivity index (χ0v) is 12.1. The first kappa shape index (κ1) is 14.9. The van der Waals surface area contributed by atoms with E-state index in [0.717, 1.165) is 25.1 Å². The van der Waals surface area contributed by atoms with E-state index < -0.39 is 0 Å². The molecule has 1 amide bonds. The predicted octanol–water partition coefficient (Wildman–Crippen LogP) is 2.55. The van der Waals surface area contributed by atoms with Gasteiger partial charge in [0.1, 0.15) is 6.61 Å². The Morgan fingerprint density at radius 1 is 1.40 bits per heavy atom. The van der Waals surface area contributed by atoms with Crippen molar-refractivity contribution in [2.75, 3.05) is 19.6 Å². The maximum atomic E-state index is 11.7. The number of ether oxygens (including phenoxy) is 1. The van der Waals surface area contributed by atoms with Crippen molar-refractivity contribution in [2.45, 2.75) is 26.4 Å². The molecule has 1 aromatic rings. The van der Waals surface area contributed by atoms with Gasteiger partial charge in [0, 0.05) is 6.54 Å². The highest BCUT2D eigenvalue weighted by Gasteiger charge is 2.20. The van der Waals surface area contributed by atoms with Crippen molar-refractivity contribution < 1.29 is 9.53 Å². The fourth-order valence-electron chi connectivity index (χ4n) is 2.56. The smallest absolute Gasteiger partial charge is 0.407 e. The van der Waals surface area contributed by atoms with Gasteiger partial charge in [0.15, 0.2) is 0 Å². The van der Waals surface area contributed by atoms with E-state index >= 15 is 0 Å². The minimum Gasteiger partial charge on any atom is -0.445 e. The Morgan fingerprint density at radius 2 is 2.20 bits per heavy atom. The van der Waals surface area contributed by atoms with E-state index in [1.165, 1.54) is 6.42 Å². The largest absolute Gasteiger partial charge is 0.445 e. The summed E-state index contributed by atoms with van der Waals surface area (Å²) in [4.78, 5) is 11.7. The van der Waals surface area contributed by atoms with E-state index in [4.69, 9.17) is 4.74 Å². The summed E-state index contributed by atoms with van der Waals surface area (Å²) in [5.41, 5.74) is 1.01. The third-order valence-electron chi connectivity index (χ3n) is 3.92. The highest BCUT2D eigenvalue weighted by molar-refractivity contribution is 5.67. The van der Waals surface area contributed by atoms with Crippen LogP contribution in [0.15, 0.2) is 30.3 Å². The quantitative estimate of drug-likeness (QED) is 0.888. The second-order valence-corrected chi connectivity index (χ2v) is 5.53. The van der Waals surface area contributed by atoms with E-state index in [-0.39, 0.29) is 6.09 Å². The number of carbonyl (C=O) groups excluding carboxylic acids is 1. The molecular formula is C16H24N2O2. The lowest BCUT2D eigenvalue weighted by Gasteiger charge is -2.21. The van der Waals surface area contributed by atoms with E-state index in [1.54, 1.807) is 0 Å². The van der Waals surface area contributed by atoms with Crippen molar-refractivity contribution in [3.05, 3.63) is 35.9 Å². The van der Waals surface area contributed by atoms with Crippen molar-refractivity contribution in [3.63, 3.8) is 0 Å². The van der Waals surface area contributed by atoms with Crippen LogP contribution in [0.3, 0.4) is 0 Å². The normalized spacial score (nSPS) is 22.9. The van der Waals surface area contributed by atoms with Crippen LogP contribution in [0.5, 0.6) is 0 Å². The molecule has 0 spiro atoms. The zero-order chi connectivity index (χ0) is 14.2. The van der Waals surface area contributed by atoms with Crippen molar-refractivity contribution in [1.29, 1.82) is 0 Å². The van der Waals surface area contributed by atoms with E-state index in [1.807, 2.05) is 30.3 Å². The van der Waals surface area contributed by atoms with Crippen molar-refractivity contribution in [3.8, 4) is 0 Å². The van der Waals surface area contributed by atoms with Gasteiger partial charge in [-0.15, -0.1) is 0 Å². The van der Waals surface area contributed by atoms with Crippen LogP contribution >= 0.6 is 0 Å². The third kappa shape index (κ3) is 4.85. The minimum absolute atomic E-state index is 0.321. The lowest BCUT2D eigenvalue weighted by atomic mass is 9.91. The topological polar surface area (TPSA) is 50.4 Å². The monoisotopic (exact) mass is 276 g/mol. The van der Waals surface area contributed by atoms with Gasteiger partial charge in [-0.05, 0) is 43.3 Å². The minimum atomic E-state index is -0.321. The first-order chi connectivity index (χ1) is 9.75. The SMILES string of the molecule is C[C@H]1CNCCC[C@H]1CNC(=O)OCc1ccccc1. The molecule has 2 rings (SSSR count). The summed E-state index contributed by atoms with van der Waals surface area (Å²) in [7, 11) is 0. The Kier molecular flexibility index (Phi) is 5.87. The molecule has 1 aromatic carbocycles. The van der Waals surface area contributed by atoms with Crippen molar-refractivity contribution in [1.82, 2.24) is 10.6 Å². The summed E-state index contributed by atoms with van der Waals surface area (Å²) in [6.45, 7) is 5.38. The molecule has 0 unspecified atom stereocenters. The van der Waals surface area contributed by atoms with Gasteiger partial charge in [-0.3, -0.25) is 0 Å². The van der Waals surface area contributed by atoms with Gasteiger partial charge in [-0.25, -0.2) is 4.79 Å². The molecule has 4 nitrogen and oxygen atoms in total. The highest BCUT2D eigenvalue weighted by atomic mass is 16.5. The van der Waals surface area contributed by atoms with Gasteiger partial charge in [0.25, 0.3) is 0 Å². The van der Waals surface area contributed by atoms with E-state index in [2.05, 4.69) is 17.6 Å². The number of nitrogens with one attached hydrogen (secondary N) is 2. The first-order valence-corrected chi connectivity index (χ1v) is 7.41. The fourth-order valence-corrected chi connectivity index (χ4v) is 2.56. The summed E-state index contributed by atoms with van der Waals surface area (Å²) in [5.74, 6) is 1.13. The highest BCUT2D eigenvalue weighted by Crippen LogP contribution is 2.18. The average Bonchev–Trinajstić information content (AvgIpc) is 2.68. The number of hydrogen-bond acceptors (Lipinski definition) is 3. The maximum Gasteiger partial charge on any atom is 0.407 e. The summed E-state index contributed by atoms with van der Waals surface area (Å²) < 4.78 is 5.22. The van der Waals surface area contributed by atoms with Crippen LogP contribution in [0.2, 0.25) is 0 Å². The first-order valence-electron chi connectivity index (χ1n) is 7.41. The number of benzene rings is 1. The van der Waals surface area contributed by atoms with E-state index in [9.17, 15) is 4.79 Å². The lowest BCUT2D eigenvalue weighted by Crippen LogP contribution is -2.33. The van der Waals surface area contributed by atoms with Crippen LogP contribution in [0.25, 0.3) is 0 Å². The number of rotatable bonds is 4. The zero-order valence-electron chi connectivity index (χ0n) is 12.1. The summed E-state index contributed by atoms with van der Waals surface area (Å²) in [6, 6.07) is 9.73. The molecule has 0 aromatic heterocycles. The molecule has 20 heavy (non-hydrogen) atoms. The Labute approximate surface area is 120 Å². The maximum absolute atomic E-state index is 11.7. The molecule has 110 valence electrons. The van der Waals surface area contributed by atoms with Crippen LogP contribution in [-0.2, 0) is 11.3 Å². The van der Waals surface area contributed by atoms with Gasteiger partial charge >= 0.3 is 6.09 Å². The Bertz CT molecular complexity index is 408. The molecule has 0 saturated carbocycles. The molecule has 1 aliphatic heterocycles. The Balaban J connectivity index is 1.69. The molecule has 0 bridgehead atoms. The molecule has 1 fully saturated rings. The van der Waals surface area contributed by atoms with Crippen LogP contribution in [0.1, 0.15) is 25.3 Å². The van der Waals surface area contributed by atoms with Gasteiger partial charge in [0.2, 0.25) is 0 Å².